The van der Waals surface area contributed by atoms with E-state index in [1.54, 1.807) is 6.08 Å². The quantitative estimate of drug-likeness (QED) is 0.654. The molecule has 2 unspecified atom stereocenters. The minimum Gasteiger partial charge on any atom is -0.289 e. The number of hydrogen-bond donors (Lipinski definition) is 0. The highest BCUT2D eigenvalue weighted by Crippen LogP contribution is 2.35. The number of fused-ring (bicyclic) bond motifs is 3. The molecule has 2 aliphatic rings. The maximum atomic E-state index is 12.0. The number of ketones is 1. The van der Waals surface area contributed by atoms with E-state index in [2.05, 4.69) is 30.4 Å². The second kappa shape index (κ2) is 4.17. The van der Waals surface area contributed by atoms with Crippen LogP contribution in [0.2, 0.25) is 0 Å². The summed E-state index contributed by atoms with van der Waals surface area (Å²) >= 11 is 0. The zero-order valence-corrected chi connectivity index (χ0v) is 9.54. The molecule has 1 nitrogen and oxygen atoms in total. The van der Waals surface area contributed by atoms with Crippen LogP contribution in [0.15, 0.2) is 60.7 Å². The SMILES string of the molecule is O=C1/C=C\CC2C=CC=CC2c2ccccc21. The van der Waals surface area contributed by atoms with E-state index in [9.17, 15) is 4.79 Å². The molecule has 0 N–H and O–H groups in total. The molecule has 2 atom stereocenters. The fraction of sp³-hybridized carbons (Fsp3) is 0.188. The van der Waals surface area contributed by atoms with Crippen molar-refractivity contribution in [3.8, 4) is 0 Å². The van der Waals surface area contributed by atoms with E-state index in [0.717, 1.165) is 17.5 Å². The lowest BCUT2D eigenvalue weighted by Gasteiger charge is -2.26. The fourth-order valence-corrected chi connectivity index (χ4v) is 2.65. The molecule has 0 aliphatic heterocycles. The van der Waals surface area contributed by atoms with Gasteiger partial charge in [-0.2, -0.15) is 0 Å². The van der Waals surface area contributed by atoms with E-state index < -0.39 is 0 Å². The molecular weight excluding hydrogens is 208 g/mol. The van der Waals surface area contributed by atoms with E-state index in [0.29, 0.717) is 11.8 Å². The number of allylic oxidation sites excluding steroid dienone is 6. The standard InChI is InChI=1S/C16H14O/c17-16-11-5-7-12-6-1-2-8-13(12)14-9-3-4-10-15(14)16/h1-6,8-13H,7H2/b11-5-. The van der Waals surface area contributed by atoms with Gasteiger partial charge in [0.25, 0.3) is 0 Å². The molecule has 1 heteroatoms. The molecule has 1 aromatic rings. The van der Waals surface area contributed by atoms with Gasteiger partial charge >= 0.3 is 0 Å². The highest BCUT2D eigenvalue weighted by Gasteiger charge is 2.24. The molecule has 0 radical (unpaired) electrons. The number of carbonyl (C=O) groups excluding carboxylic acids is 1. The van der Waals surface area contributed by atoms with Crippen molar-refractivity contribution in [2.24, 2.45) is 5.92 Å². The van der Waals surface area contributed by atoms with Gasteiger partial charge in [-0.3, -0.25) is 4.79 Å². The van der Waals surface area contributed by atoms with Gasteiger partial charge in [-0.25, -0.2) is 0 Å². The maximum absolute atomic E-state index is 12.0. The summed E-state index contributed by atoms with van der Waals surface area (Å²) < 4.78 is 0. The third kappa shape index (κ3) is 1.78. The molecular formula is C16H14O. The summed E-state index contributed by atoms with van der Waals surface area (Å²) in [5.41, 5.74) is 2.01. The Balaban J connectivity index is 2.16. The Bertz CT molecular complexity index is 534. The molecule has 0 heterocycles. The largest absolute Gasteiger partial charge is 0.289 e. The number of benzene rings is 1. The average molecular weight is 222 g/mol. The van der Waals surface area contributed by atoms with Crippen LogP contribution in [0.25, 0.3) is 0 Å². The van der Waals surface area contributed by atoms with E-state index in [1.807, 2.05) is 24.3 Å². The smallest absolute Gasteiger partial charge is 0.185 e. The van der Waals surface area contributed by atoms with E-state index in [4.69, 9.17) is 0 Å². The predicted octanol–water partition coefficient (Wildman–Crippen LogP) is 3.66. The predicted molar refractivity (Wildman–Crippen MR) is 69.0 cm³/mol. The third-order valence-corrected chi connectivity index (χ3v) is 3.51. The Morgan fingerprint density at radius 2 is 1.88 bits per heavy atom. The number of hydrogen-bond acceptors (Lipinski definition) is 1. The molecule has 0 spiro atoms. The van der Waals surface area contributed by atoms with Gasteiger partial charge in [0.1, 0.15) is 0 Å². The second-order valence-electron chi connectivity index (χ2n) is 4.55. The van der Waals surface area contributed by atoms with Gasteiger partial charge in [0.05, 0.1) is 0 Å². The van der Waals surface area contributed by atoms with Gasteiger partial charge in [-0.15, -0.1) is 0 Å². The summed E-state index contributed by atoms with van der Waals surface area (Å²) in [4.78, 5) is 12.0. The van der Waals surface area contributed by atoms with Crippen molar-refractivity contribution in [1.82, 2.24) is 0 Å². The molecule has 0 fully saturated rings. The third-order valence-electron chi connectivity index (χ3n) is 3.51. The molecule has 0 amide bonds. The van der Waals surface area contributed by atoms with Crippen LogP contribution in [0.3, 0.4) is 0 Å². The summed E-state index contributed by atoms with van der Waals surface area (Å²) in [5.74, 6) is 0.942. The maximum Gasteiger partial charge on any atom is 0.185 e. The topological polar surface area (TPSA) is 17.1 Å². The van der Waals surface area contributed by atoms with Crippen LogP contribution in [0.1, 0.15) is 28.3 Å². The van der Waals surface area contributed by atoms with Crippen LogP contribution in [0.4, 0.5) is 0 Å². The van der Waals surface area contributed by atoms with Gasteiger partial charge in [0, 0.05) is 11.5 Å². The molecule has 17 heavy (non-hydrogen) atoms. The van der Waals surface area contributed by atoms with Crippen molar-refractivity contribution < 1.29 is 4.79 Å². The minimum atomic E-state index is 0.127. The minimum absolute atomic E-state index is 0.127. The van der Waals surface area contributed by atoms with Gasteiger partial charge in [-0.1, -0.05) is 54.6 Å². The second-order valence-corrected chi connectivity index (χ2v) is 4.55. The van der Waals surface area contributed by atoms with Crippen LogP contribution >= 0.6 is 0 Å². The Kier molecular flexibility index (Phi) is 2.52. The Hall–Kier alpha value is -1.89. The average Bonchev–Trinajstić information content (AvgIpc) is 2.37. The van der Waals surface area contributed by atoms with Crippen molar-refractivity contribution >= 4 is 5.78 Å². The molecule has 1 aromatic carbocycles. The first-order valence-corrected chi connectivity index (χ1v) is 6.01. The zero-order chi connectivity index (χ0) is 11.7. The van der Waals surface area contributed by atoms with Crippen molar-refractivity contribution in [1.29, 1.82) is 0 Å². The molecule has 0 aromatic heterocycles. The first-order chi connectivity index (χ1) is 8.36. The number of rotatable bonds is 0. The molecule has 0 saturated carbocycles. The summed E-state index contributed by atoms with van der Waals surface area (Å²) in [7, 11) is 0. The first-order valence-electron chi connectivity index (χ1n) is 6.01. The molecule has 84 valence electrons. The van der Waals surface area contributed by atoms with Crippen molar-refractivity contribution in [3.05, 3.63) is 71.8 Å². The van der Waals surface area contributed by atoms with Crippen molar-refractivity contribution in [3.63, 3.8) is 0 Å². The Morgan fingerprint density at radius 1 is 1.06 bits per heavy atom. The lowest BCUT2D eigenvalue weighted by Crippen LogP contribution is -2.16. The summed E-state index contributed by atoms with van der Waals surface area (Å²) in [6.07, 6.45) is 13.3. The molecule has 0 saturated heterocycles. The number of carbonyl (C=O) groups is 1. The van der Waals surface area contributed by atoms with Crippen LogP contribution in [0.5, 0.6) is 0 Å². The summed E-state index contributed by atoms with van der Waals surface area (Å²) in [5, 5.41) is 0. The van der Waals surface area contributed by atoms with Crippen LogP contribution in [0, 0.1) is 5.92 Å². The fourth-order valence-electron chi connectivity index (χ4n) is 2.65. The first kappa shape index (κ1) is 10.3. The Labute approximate surface area is 101 Å². The van der Waals surface area contributed by atoms with Crippen molar-refractivity contribution in [2.75, 3.05) is 0 Å². The zero-order valence-electron chi connectivity index (χ0n) is 9.54. The normalized spacial score (nSPS) is 27.9. The summed E-state index contributed by atoms with van der Waals surface area (Å²) in [6.45, 7) is 0. The lowest BCUT2D eigenvalue weighted by atomic mass is 9.77. The molecule has 3 rings (SSSR count). The Morgan fingerprint density at radius 3 is 2.82 bits per heavy atom. The van der Waals surface area contributed by atoms with Gasteiger partial charge < -0.3 is 0 Å². The van der Waals surface area contributed by atoms with Crippen LogP contribution < -0.4 is 0 Å². The summed E-state index contributed by atoms with van der Waals surface area (Å²) in [6, 6.07) is 7.95. The van der Waals surface area contributed by atoms with E-state index in [-0.39, 0.29) is 5.78 Å². The van der Waals surface area contributed by atoms with E-state index >= 15 is 0 Å². The lowest BCUT2D eigenvalue weighted by molar-refractivity contribution is 0.104. The molecule has 0 bridgehead atoms. The van der Waals surface area contributed by atoms with Crippen LogP contribution in [-0.4, -0.2) is 5.78 Å². The highest BCUT2D eigenvalue weighted by atomic mass is 16.1. The molecule has 2 aliphatic carbocycles. The van der Waals surface area contributed by atoms with Gasteiger partial charge in [0.2, 0.25) is 0 Å². The highest BCUT2D eigenvalue weighted by molar-refractivity contribution is 6.05. The van der Waals surface area contributed by atoms with Crippen LogP contribution in [-0.2, 0) is 0 Å². The van der Waals surface area contributed by atoms with Gasteiger partial charge in [0.15, 0.2) is 5.78 Å². The van der Waals surface area contributed by atoms with Crippen molar-refractivity contribution in [2.45, 2.75) is 12.3 Å². The van der Waals surface area contributed by atoms with E-state index in [1.165, 1.54) is 0 Å². The van der Waals surface area contributed by atoms with Gasteiger partial charge in [-0.05, 0) is 24.0 Å². The monoisotopic (exact) mass is 222 g/mol.